The van der Waals surface area contributed by atoms with Gasteiger partial charge in [-0.15, -0.1) is 11.3 Å². The third-order valence-electron chi connectivity index (χ3n) is 2.41. The molecule has 18 heavy (non-hydrogen) atoms. The molecular formula is C12H7FIN3S. The zero-order valence-corrected chi connectivity index (χ0v) is 12.0. The maximum Gasteiger partial charge on any atom is 0.182 e. The maximum absolute atomic E-state index is 13.0. The van der Waals surface area contributed by atoms with E-state index in [1.807, 2.05) is 17.5 Å². The number of hydrogen-bond donors (Lipinski definition) is 1. The van der Waals surface area contributed by atoms with Crippen LogP contribution in [0, 0.1) is 9.39 Å². The quantitative estimate of drug-likeness (QED) is 0.694. The molecule has 0 saturated heterocycles. The van der Waals surface area contributed by atoms with E-state index in [1.165, 1.54) is 12.1 Å². The van der Waals surface area contributed by atoms with Gasteiger partial charge in [-0.2, -0.15) is 5.10 Å². The second-order valence-corrected chi connectivity index (χ2v) is 5.72. The normalized spacial score (nSPS) is 10.8. The first-order chi connectivity index (χ1) is 8.74. The maximum atomic E-state index is 13.0. The lowest BCUT2D eigenvalue weighted by Crippen LogP contribution is -1.86. The molecule has 2 aromatic heterocycles. The van der Waals surface area contributed by atoms with E-state index in [9.17, 15) is 4.39 Å². The van der Waals surface area contributed by atoms with Crippen molar-refractivity contribution in [1.29, 1.82) is 0 Å². The number of benzene rings is 1. The van der Waals surface area contributed by atoms with Crippen molar-refractivity contribution in [1.82, 2.24) is 15.2 Å². The Hall–Kier alpha value is -1.28. The fourth-order valence-electron chi connectivity index (χ4n) is 1.58. The van der Waals surface area contributed by atoms with E-state index >= 15 is 0 Å². The molecule has 3 rings (SSSR count). The second kappa shape index (κ2) is 4.77. The van der Waals surface area contributed by atoms with Gasteiger partial charge >= 0.3 is 0 Å². The van der Waals surface area contributed by atoms with Gasteiger partial charge in [-0.25, -0.2) is 9.37 Å². The van der Waals surface area contributed by atoms with Crippen molar-refractivity contribution in [2.45, 2.75) is 0 Å². The van der Waals surface area contributed by atoms with Crippen molar-refractivity contribution in [3.05, 3.63) is 45.1 Å². The number of aromatic nitrogens is 3. The summed E-state index contributed by atoms with van der Waals surface area (Å²) in [5, 5.41) is 9.06. The van der Waals surface area contributed by atoms with Gasteiger partial charge in [-0.3, -0.25) is 5.10 Å². The number of hydrogen-bond acceptors (Lipinski definition) is 3. The zero-order valence-electron chi connectivity index (χ0n) is 9.02. The molecule has 0 spiro atoms. The smallest absolute Gasteiger partial charge is 0.182 e. The standard InChI is InChI=1S/C12H7FIN3S/c13-7-3-4-8(9(14)6-7)11-15-12(17-16-11)10-2-1-5-18-10/h1-6H,(H,15,16,17). The molecule has 0 fully saturated rings. The van der Waals surface area contributed by atoms with E-state index in [1.54, 1.807) is 17.4 Å². The topological polar surface area (TPSA) is 41.6 Å². The monoisotopic (exact) mass is 371 g/mol. The molecular weight excluding hydrogens is 364 g/mol. The van der Waals surface area contributed by atoms with Gasteiger partial charge in [-0.1, -0.05) is 6.07 Å². The minimum Gasteiger partial charge on any atom is -0.258 e. The Balaban J connectivity index is 2.03. The van der Waals surface area contributed by atoms with Crippen molar-refractivity contribution in [3.8, 4) is 22.1 Å². The Morgan fingerprint density at radius 1 is 1.28 bits per heavy atom. The lowest BCUT2D eigenvalue weighted by Gasteiger charge is -1.98. The van der Waals surface area contributed by atoms with Crippen molar-refractivity contribution in [2.75, 3.05) is 0 Å². The molecule has 0 aliphatic carbocycles. The summed E-state index contributed by atoms with van der Waals surface area (Å²) in [6, 6.07) is 8.52. The van der Waals surface area contributed by atoms with Crippen molar-refractivity contribution < 1.29 is 4.39 Å². The molecule has 0 unspecified atom stereocenters. The Bertz CT molecular complexity index is 678. The van der Waals surface area contributed by atoms with Crippen molar-refractivity contribution in [2.24, 2.45) is 0 Å². The largest absolute Gasteiger partial charge is 0.258 e. The average Bonchev–Trinajstić information content (AvgIpc) is 2.99. The van der Waals surface area contributed by atoms with E-state index in [4.69, 9.17) is 0 Å². The highest BCUT2D eigenvalue weighted by atomic mass is 127. The van der Waals surface area contributed by atoms with E-state index in [0.717, 1.165) is 19.8 Å². The molecule has 0 atom stereocenters. The summed E-state index contributed by atoms with van der Waals surface area (Å²) in [6.45, 7) is 0. The van der Waals surface area contributed by atoms with Crippen LogP contribution in [0.15, 0.2) is 35.7 Å². The molecule has 0 saturated carbocycles. The summed E-state index contributed by atoms with van der Waals surface area (Å²) < 4.78 is 13.8. The second-order valence-electron chi connectivity index (χ2n) is 3.61. The first kappa shape index (κ1) is 11.8. The minimum absolute atomic E-state index is 0.253. The number of rotatable bonds is 2. The zero-order chi connectivity index (χ0) is 12.5. The molecule has 6 heteroatoms. The molecule has 0 amide bonds. The van der Waals surface area contributed by atoms with Gasteiger partial charge in [0.2, 0.25) is 0 Å². The summed E-state index contributed by atoms with van der Waals surface area (Å²) in [4.78, 5) is 5.46. The molecule has 1 aromatic carbocycles. The number of aromatic amines is 1. The first-order valence-electron chi connectivity index (χ1n) is 5.16. The van der Waals surface area contributed by atoms with Gasteiger partial charge in [0.25, 0.3) is 0 Å². The lowest BCUT2D eigenvalue weighted by atomic mass is 10.2. The minimum atomic E-state index is -0.253. The van der Waals surface area contributed by atoms with Crippen LogP contribution < -0.4 is 0 Å². The van der Waals surface area contributed by atoms with Gasteiger partial charge in [-0.05, 0) is 52.2 Å². The van der Waals surface area contributed by atoms with Crippen LogP contribution >= 0.6 is 33.9 Å². The van der Waals surface area contributed by atoms with E-state index < -0.39 is 0 Å². The summed E-state index contributed by atoms with van der Waals surface area (Å²) >= 11 is 3.68. The highest BCUT2D eigenvalue weighted by molar-refractivity contribution is 14.1. The molecule has 1 N–H and O–H groups in total. The predicted molar refractivity (Wildman–Crippen MR) is 77.8 cm³/mol. The van der Waals surface area contributed by atoms with Gasteiger partial charge in [0.15, 0.2) is 11.6 Å². The van der Waals surface area contributed by atoms with Crippen molar-refractivity contribution >= 4 is 33.9 Å². The fraction of sp³-hybridized carbons (Fsp3) is 0. The van der Waals surface area contributed by atoms with Crippen LogP contribution in [-0.4, -0.2) is 15.2 Å². The van der Waals surface area contributed by atoms with Crippen LogP contribution in [0.5, 0.6) is 0 Å². The molecule has 2 heterocycles. The van der Waals surface area contributed by atoms with Gasteiger partial charge in [0.05, 0.1) is 4.88 Å². The number of thiophene rings is 1. The van der Waals surface area contributed by atoms with E-state index in [2.05, 4.69) is 37.8 Å². The number of nitrogens with zero attached hydrogens (tertiary/aromatic N) is 2. The predicted octanol–water partition coefficient (Wildman–Crippen LogP) is 3.94. The Morgan fingerprint density at radius 2 is 2.17 bits per heavy atom. The van der Waals surface area contributed by atoms with Crippen LogP contribution in [0.1, 0.15) is 0 Å². The number of nitrogens with one attached hydrogen (secondary N) is 1. The summed E-state index contributed by atoms with van der Waals surface area (Å²) in [7, 11) is 0. The molecule has 0 radical (unpaired) electrons. The summed E-state index contributed by atoms with van der Waals surface area (Å²) in [6.07, 6.45) is 0. The highest BCUT2D eigenvalue weighted by Gasteiger charge is 2.11. The third-order valence-corrected chi connectivity index (χ3v) is 4.18. The summed E-state index contributed by atoms with van der Waals surface area (Å²) in [5.41, 5.74) is 0.830. The molecule has 0 bridgehead atoms. The van der Waals surface area contributed by atoms with Crippen LogP contribution in [-0.2, 0) is 0 Å². The van der Waals surface area contributed by atoms with Crippen LogP contribution in [0.25, 0.3) is 22.1 Å². The van der Waals surface area contributed by atoms with E-state index in [0.29, 0.717) is 5.82 Å². The van der Waals surface area contributed by atoms with Gasteiger partial charge in [0.1, 0.15) is 5.82 Å². The summed E-state index contributed by atoms with van der Waals surface area (Å²) in [5.74, 6) is 1.07. The molecule has 3 nitrogen and oxygen atoms in total. The van der Waals surface area contributed by atoms with Crippen molar-refractivity contribution in [3.63, 3.8) is 0 Å². The molecule has 0 aliphatic heterocycles. The molecule has 90 valence electrons. The Morgan fingerprint density at radius 3 is 2.89 bits per heavy atom. The van der Waals surface area contributed by atoms with E-state index in [-0.39, 0.29) is 5.82 Å². The first-order valence-corrected chi connectivity index (χ1v) is 7.11. The number of halogens is 2. The Kier molecular flexibility index (Phi) is 3.13. The third kappa shape index (κ3) is 2.17. The average molecular weight is 371 g/mol. The van der Waals surface area contributed by atoms with Crippen LogP contribution in [0.4, 0.5) is 4.39 Å². The van der Waals surface area contributed by atoms with Gasteiger partial charge < -0.3 is 0 Å². The van der Waals surface area contributed by atoms with Crippen LogP contribution in [0.2, 0.25) is 0 Å². The fourth-order valence-corrected chi connectivity index (χ4v) is 2.96. The lowest BCUT2D eigenvalue weighted by molar-refractivity contribution is 0.627. The van der Waals surface area contributed by atoms with Gasteiger partial charge in [0, 0.05) is 9.13 Å². The Labute approximate surface area is 120 Å². The highest BCUT2D eigenvalue weighted by Crippen LogP contribution is 2.26. The molecule has 0 aliphatic rings. The molecule has 3 aromatic rings. The number of H-pyrrole nitrogens is 1. The SMILES string of the molecule is Fc1ccc(-c2n[nH]c(-c3cccs3)n2)c(I)c1. The van der Waals surface area contributed by atoms with Crippen LogP contribution in [0.3, 0.4) is 0 Å².